The van der Waals surface area contributed by atoms with E-state index in [-0.39, 0.29) is 0 Å². The number of halogens is 2. The second-order valence-corrected chi connectivity index (χ2v) is 5.42. The Morgan fingerprint density at radius 3 is 2.24 bits per heavy atom. The highest BCUT2D eigenvalue weighted by atomic mass is 35.5. The van der Waals surface area contributed by atoms with Crippen molar-refractivity contribution in [2.45, 2.75) is 0 Å². The molecule has 0 saturated carbocycles. The summed E-state index contributed by atoms with van der Waals surface area (Å²) in [7, 11) is 0. The fourth-order valence-electron chi connectivity index (χ4n) is 1.62. The average molecular weight is 342 g/mol. The van der Waals surface area contributed by atoms with Crippen molar-refractivity contribution in [1.82, 2.24) is 0 Å². The SMILES string of the molecule is NC(=S)c1cccc(OCCOc2ccc(Cl)c(Cl)c2)c1. The summed E-state index contributed by atoms with van der Waals surface area (Å²) in [6.45, 7) is 0.774. The topological polar surface area (TPSA) is 44.5 Å². The van der Waals surface area contributed by atoms with Gasteiger partial charge < -0.3 is 15.2 Å². The Balaban J connectivity index is 1.83. The molecule has 0 radical (unpaired) electrons. The second-order valence-electron chi connectivity index (χ2n) is 4.16. The van der Waals surface area contributed by atoms with Crippen LogP contribution in [0.3, 0.4) is 0 Å². The average Bonchev–Trinajstić information content (AvgIpc) is 2.47. The number of rotatable bonds is 6. The van der Waals surface area contributed by atoms with Crippen LogP contribution in [0.15, 0.2) is 42.5 Å². The number of nitrogens with two attached hydrogens (primary N) is 1. The van der Waals surface area contributed by atoms with Crippen LogP contribution in [0.1, 0.15) is 5.56 Å². The van der Waals surface area contributed by atoms with E-state index >= 15 is 0 Å². The largest absolute Gasteiger partial charge is 0.490 e. The van der Waals surface area contributed by atoms with Gasteiger partial charge >= 0.3 is 0 Å². The molecular weight excluding hydrogens is 329 g/mol. The Labute approximate surface area is 138 Å². The van der Waals surface area contributed by atoms with Crippen LogP contribution in [0, 0.1) is 0 Å². The predicted molar refractivity (Wildman–Crippen MR) is 89.8 cm³/mol. The Kier molecular flexibility index (Phi) is 5.67. The van der Waals surface area contributed by atoms with Gasteiger partial charge in [-0.1, -0.05) is 47.6 Å². The van der Waals surface area contributed by atoms with Crippen molar-refractivity contribution in [3.8, 4) is 11.5 Å². The smallest absolute Gasteiger partial charge is 0.122 e. The minimum absolute atomic E-state index is 0.340. The molecule has 6 heteroatoms. The van der Waals surface area contributed by atoms with E-state index in [0.29, 0.717) is 39.7 Å². The number of ether oxygens (including phenoxy) is 2. The van der Waals surface area contributed by atoms with Gasteiger partial charge in [0, 0.05) is 11.6 Å². The van der Waals surface area contributed by atoms with E-state index < -0.39 is 0 Å². The second kappa shape index (κ2) is 7.50. The summed E-state index contributed by atoms with van der Waals surface area (Å²) in [6, 6.07) is 12.4. The molecular formula is C15H13Cl2NO2S. The Bertz CT molecular complexity index is 649. The zero-order chi connectivity index (χ0) is 15.2. The minimum atomic E-state index is 0.340. The third kappa shape index (κ3) is 4.77. The van der Waals surface area contributed by atoms with Crippen molar-refractivity contribution < 1.29 is 9.47 Å². The Morgan fingerprint density at radius 2 is 1.62 bits per heavy atom. The number of benzene rings is 2. The summed E-state index contributed by atoms with van der Waals surface area (Å²) in [6.07, 6.45) is 0. The van der Waals surface area contributed by atoms with Crippen LogP contribution in [-0.2, 0) is 0 Å². The van der Waals surface area contributed by atoms with Crippen molar-refractivity contribution in [1.29, 1.82) is 0 Å². The van der Waals surface area contributed by atoms with Crippen LogP contribution in [0.25, 0.3) is 0 Å². The zero-order valence-corrected chi connectivity index (χ0v) is 13.3. The van der Waals surface area contributed by atoms with Gasteiger partial charge in [0.05, 0.1) is 10.0 Å². The monoisotopic (exact) mass is 341 g/mol. The van der Waals surface area contributed by atoms with E-state index in [4.69, 9.17) is 50.6 Å². The third-order valence-electron chi connectivity index (χ3n) is 2.63. The quantitative estimate of drug-likeness (QED) is 0.634. The lowest BCUT2D eigenvalue weighted by atomic mass is 10.2. The van der Waals surface area contributed by atoms with Gasteiger partial charge in [0.25, 0.3) is 0 Å². The lowest BCUT2D eigenvalue weighted by Crippen LogP contribution is -2.11. The molecule has 0 bridgehead atoms. The van der Waals surface area contributed by atoms with Gasteiger partial charge in [-0.2, -0.15) is 0 Å². The van der Waals surface area contributed by atoms with Gasteiger partial charge in [0.1, 0.15) is 29.7 Å². The van der Waals surface area contributed by atoms with E-state index in [2.05, 4.69) is 0 Å². The van der Waals surface area contributed by atoms with Crippen LogP contribution in [0.5, 0.6) is 11.5 Å². The molecule has 2 N–H and O–H groups in total. The van der Waals surface area contributed by atoms with Crippen LogP contribution in [0.4, 0.5) is 0 Å². The molecule has 0 aliphatic carbocycles. The molecule has 0 unspecified atom stereocenters. The van der Waals surface area contributed by atoms with Gasteiger partial charge in [0.2, 0.25) is 0 Å². The van der Waals surface area contributed by atoms with Crippen molar-refractivity contribution in [2.75, 3.05) is 13.2 Å². The summed E-state index contributed by atoms with van der Waals surface area (Å²) in [5.74, 6) is 1.34. The van der Waals surface area contributed by atoms with Gasteiger partial charge in [-0.15, -0.1) is 0 Å². The van der Waals surface area contributed by atoms with Gasteiger partial charge in [0.15, 0.2) is 0 Å². The molecule has 2 rings (SSSR count). The minimum Gasteiger partial charge on any atom is -0.490 e. The highest BCUT2D eigenvalue weighted by Crippen LogP contribution is 2.26. The molecule has 3 nitrogen and oxygen atoms in total. The molecule has 0 amide bonds. The molecule has 21 heavy (non-hydrogen) atoms. The number of hydrogen-bond donors (Lipinski definition) is 1. The normalized spacial score (nSPS) is 10.2. The first kappa shape index (κ1) is 15.9. The molecule has 0 aliphatic rings. The maximum absolute atomic E-state index is 5.90. The van der Waals surface area contributed by atoms with E-state index in [0.717, 1.165) is 5.56 Å². The van der Waals surface area contributed by atoms with Gasteiger partial charge in [-0.05, 0) is 24.3 Å². The molecule has 0 saturated heterocycles. The third-order valence-corrected chi connectivity index (χ3v) is 3.61. The van der Waals surface area contributed by atoms with Crippen LogP contribution < -0.4 is 15.2 Å². The summed E-state index contributed by atoms with van der Waals surface area (Å²) in [5, 5.41) is 0.953. The zero-order valence-electron chi connectivity index (χ0n) is 11.0. The molecule has 110 valence electrons. The first-order valence-corrected chi connectivity index (χ1v) is 7.33. The maximum atomic E-state index is 5.90. The highest BCUT2D eigenvalue weighted by Gasteiger charge is 2.02. The fraction of sp³-hybridized carbons (Fsp3) is 0.133. The summed E-state index contributed by atoms with van der Waals surface area (Å²) < 4.78 is 11.1. The Morgan fingerprint density at radius 1 is 0.952 bits per heavy atom. The van der Waals surface area contributed by atoms with E-state index in [1.54, 1.807) is 24.3 Å². The first-order chi connectivity index (χ1) is 10.1. The maximum Gasteiger partial charge on any atom is 0.122 e. The van der Waals surface area contributed by atoms with Crippen molar-refractivity contribution in [2.24, 2.45) is 5.73 Å². The lowest BCUT2D eigenvalue weighted by Gasteiger charge is -2.09. The van der Waals surface area contributed by atoms with E-state index in [1.165, 1.54) is 0 Å². The predicted octanol–water partition coefficient (Wildman–Crippen LogP) is 4.09. The fourth-order valence-corrected chi connectivity index (χ4v) is 2.04. The number of thiocarbonyl (C=S) groups is 1. The van der Waals surface area contributed by atoms with Crippen molar-refractivity contribution in [3.63, 3.8) is 0 Å². The summed E-state index contributed by atoms with van der Waals surface area (Å²) >= 11 is 16.6. The summed E-state index contributed by atoms with van der Waals surface area (Å²) in [5.41, 5.74) is 6.34. The molecule has 0 heterocycles. The van der Waals surface area contributed by atoms with E-state index in [1.807, 2.05) is 18.2 Å². The molecule has 0 fully saturated rings. The highest BCUT2D eigenvalue weighted by molar-refractivity contribution is 7.80. The molecule has 0 aromatic heterocycles. The Hall–Kier alpha value is -1.49. The summed E-state index contributed by atoms with van der Waals surface area (Å²) in [4.78, 5) is 0.340. The molecule has 2 aromatic rings. The van der Waals surface area contributed by atoms with Crippen LogP contribution in [0.2, 0.25) is 10.0 Å². The molecule has 0 spiro atoms. The van der Waals surface area contributed by atoms with Gasteiger partial charge in [-0.3, -0.25) is 0 Å². The van der Waals surface area contributed by atoms with Crippen molar-refractivity contribution >= 4 is 40.4 Å². The molecule has 0 aliphatic heterocycles. The first-order valence-electron chi connectivity index (χ1n) is 6.17. The standard InChI is InChI=1S/C15H13Cl2NO2S/c16-13-5-4-12(9-14(13)17)20-7-6-19-11-3-1-2-10(8-11)15(18)21/h1-5,8-9H,6-7H2,(H2,18,21). The molecule has 0 atom stereocenters. The number of hydrogen-bond acceptors (Lipinski definition) is 3. The van der Waals surface area contributed by atoms with Crippen molar-refractivity contribution in [3.05, 3.63) is 58.1 Å². The van der Waals surface area contributed by atoms with Crippen LogP contribution >= 0.6 is 35.4 Å². The lowest BCUT2D eigenvalue weighted by molar-refractivity contribution is 0.217. The van der Waals surface area contributed by atoms with E-state index in [9.17, 15) is 0 Å². The van der Waals surface area contributed by atoms with Crippen LogP contribution in [-0.4, -0.2) is 18.2 Å². The van der Waals surface area contributed by atoms with Gasteiger partial charge in [-0.25, -0.2) is 0 Å². The molecule has 2 aromatic carbocycles.